The quantitative estimate of drug-likeness (QED) is 0.675. The van der Waals surface area contributed by atoms with Crippen molar-refractivity contribution in [3.63, 3.8) is 0 Å². The Morgan fingerprint density at radius 3 is 2.68 bits per heavy atom. The first-order valence-corrected chi connectivity index (χ1v) is 5.67. The number of ether oxygens (including phenoxy) is 1. The molecule has 0 saturated heterocycles. The van der Waals surface area contributed by atoms with Gasteiger partial charge >= 0.3 is 5.88 Å². The van der Waals surface area contributed by atoms with E-state index in [-0.39, 0.29) is 5.88 Å². The van der Waals surface area contributed by atoms with Crippen molar-refractivity contribution in [2.24, 2.45) is 5.73 Å². The Bertz CT molecular complexity index is 606. The molecule has 1 aromatic carbocycles. The molecule has 0 aliphatic rings. The van der Waals surface area contributed by atoms with Crippen LogP contribution in [0.2, 0.25) is 0 Å². The number of aryl methyl sites for hydroxylation is 1. The number of nitrogens with zero attached hydrogens (tertiary/aromatic N) is 1. The van der Waals surface area contributed by atoms with Gasteiger partial charge in [0.2, 0.25) is 0 Å². The highest BCUT2D eigenvalue weighted by Gasteiger charge is 2.20. The van der Waals surface area contributed by atoms with Crippen LogP contribution < -0.4 is 10.5 Å². The topological polar surface area (TPSA) is 91.5 Å². The van der Waals surface area contributed by atoms with E-state index in [1.807, 2.05) is 25.1 Å². The minimum Gasteiger partial charge on any atom is -0.496 e. The molecule has 1 aromatic heterocycles. The van der Waals surface area contributed by atoms with Crippen LogP contribution in [0.5, 0.6) is 5.75 Å². The standard InChI is InChI=1S/C13H14N2O4/c1-8-3-4-10(18-2)9(7-8)13(14)11-5-6-12(19-11)15(16)17/h3-7,13H,14H2,1-2H3. The van der Waals surface area contributed by atoms with Crippen LogP contribution in [0.25, 0.3) is 0 Å². The van der Waals surface area contributed by atoms with Crippen molar-refractivity contribution in [2.75, 3.05) is 7.11 Å². The van der Waals surface area contributed by atoms with Crippen LogP contribution in [0.15, 0.2) is 34.7 Å². The maximum absolute atomic E-state index is 10.6. The molecule has 1 atom stereocenters. The number of hydrogen-bond donors (Lipinski definition) is 1. The van der Waals surface area contributed by atoms with Gasteiger partial charge in [-0.2, -0.15) is 0 Å². The molecule has 100 valence electrons. The van der Waals surface area contributed by atoms with Gasteiger partial charge in [0.25, 0.3) is 0 Å². The Labute approximate surface area is 109 Å². The summed E-state index contributed by atoms with van der Waals surface area (Å²) in [6, 6.07) is 7.77. The zero-order valence-electron chi connectivity index (χ0n) is 10.6. The number of nitro groups is 1. The van der Waals surface area contributed by atoms with Crippen molar-refractivity contribution in [1.82, 2.24) is 0 Å². The van der Waals surface area contributed by atoms with Crippen molar-refractivity contribution in [3.8, 4) is 5.75 Å². The van der Waals surface area contributed by atoms with E-state index < -0.39 is 11.0 Å². The smallest absolute Gasteiger partial charge is 0.433 e. The molecule has 1 heterocycles. The Morgan fingerprint density at radius 1 is 1.37 bits per heavy atom. The first-order valence-electron chi connectivity index (χ1n) is 5.67. The SMILES string of the molecule is COc1ccc(C)cc1C(N)c1ccc([N+](=O)[O-])o1. The molecule has 0 aliphatic heterocycles. The normalized spacial score (nSPS) is 12.2. The van der Waals surface area contributed by atoms with Crippen LogP contribution in [0.1, 0.15) is 22.9 Å². The minimum absolute atomic E-state index is 0.322. The molecule has 0 spiro atoms. The summed E-state index contributed by atoms with van der Waals surface area (Å²) in [4.78, 5) is 10.0. The molecular formula is C13H14N2O4. The molecule has 1 unspecified atom stereocenters. The van der Waals surface area contributed by atoms with E-state index in [2.05, 4.69) is 0 Å². The van der Waals surface area contributed by atoms with Gasteiger partial charge in [0.1, 0.15) is 16.4 Å². The molecule has 0 aliphatic carbocycles. The van der Waals surface area contributed by atoms with Crippen molar-refractivity contribution < 1.29 is 14.1 Å². The largest absolute Gasteiger partial charge is 0.496 e. The van der Waals surface area contributed by atoms with Gasteiger partial charge in [-0.15, -0.1) is 0 Å². The number of methoxy groups -OCH3 is 1. The van der Waals surface area contributed by atoms with Gasteiger partial charge in [0.05, 0.1) is 19.2 Å². The zero-order chi connectivity index (χ0) is 14.0. The van der Waals surface area contributed by atoms with E-state index >= 15 is 0 Å². The van der Waals surface area contributed by atoms with E-state index in [0.29, 0.717) is 11.5 Å². The molecule has 2 aromatic rings. The number of nitrogens with two attached hydrogens (primary N) is 1. The monoisotopic (exact) mass is 262 g/mol. The van der Waals surface area contributed by atoms with Gasteiger partial charge in [-0.3, -0.25) is 10.1 Å². The molecule has 19 heavy (non-hydrogen) atoms. The summed E-state index contributed by atoms with van der Waals surface area (Å²) in [5.74, 6) is 0.629. The van der Waals surface area contributed by atoms with E-state index in [1.54, 1.807) is 7.11 Å². The van der Waals surface area contributed by atoms with Crippen molar-refractivity contribution >= 4 is 5.88 Å². The van der Waals surface area contributed by atoms with Gasteiger partial charge in [-0.1, -0.05) is 17.7 Å². The number of rotatable bonds is 4. The molecule has 2 rings (SSSR count). The molecule has 6 heteroatoms. The van der Waals surface area contributed by atoms with Crippen LogP contribution in [-0.4, -0.2) is 12.0 Å². The number of hydrogen-bond acceptors (Lipinski definition) is 5. The molecule has 6 nitrogen and oxygen atoms in total. The molecule has 2 N–H and O–H groups in total. The van der Waals surface area contributed by atoms with Crippen molar-refractivity contribution in [3.05, 3.63) is 57.3 Å². The Kier molecular flexibility index (Phi) is 3.52. The van der Waals surface area contributed by atoms with Gasteiger partial charge in [0.15, 0.2) is 0 Å². The zero-order valence-corrected chi connectivity index (χ0v) is 10.6. The fourth-order valence-corrected chi connectivity index (χ4v) is 1.86. The second-order valence-corrected chi connectivity index (χ2v) is 4.16. The lowest BCUT2D eigenvalue weighted by atomic mass is 10.0. The predicted octanol–water partition coefficient (Wildman–Crippen LogP) is 2.55. The third kappa shape index (κ3) is 2.58. The lowest BCUT2D eigenvalue weighted by Gasteiger charge is -2.14. The maximum Gasteiger partial charge on any atom is 0.433 e. The van der Waals surface area contributed by atoms with Crippen LogP contribution >= 0.6 is 0 Å². The van der Waals surface area contributed by atoms with Gasteiger partial charge in [0, 0.05) is 5.56 Å². The van der Waals surface area contributed by atoms with Crippen LogP contribution in [0, 0.1) is 17.0 Å². The molecule has 0 saturated carbocycles. The highest BCUT2D eigenvalue weighted by Crippen LogP contribution is 2.31. The van der Waals surface area contributed by atoms with Crippen molar-refractivity contribution in [2.45, 2.75) is 13.0 Å². The molecule has 0 bridgehead atoms. The third-order valence-electron chi connectivity index (χ3n) is 2.82. The van der Waals surface area contributed by atoms with E-state index in [1.165, 1.54) is 12.1 Å². The van der Waals surface area contributed by atoms with Crippen LogP contribution in [-0.2, 0) is 0 Å². The third-order valence-corrected chi connectivity index (χ3v) is 2.82. The Balaban J connectivity index is 2.39. The van der Waals surface area contributed by atoms with Gasteiger partial charge in [-0.05, 0) is 19.1 Å². The summed E-state index contributed by atoms with van der Waals surface area (Å²) in [5.41, 5.74) is 7.83. The summed E-state index contributed by atoms with van der Waals surface area (Å²) in [6.45, 7) is 1.93. The Hall–Kier alpha value is -2.34. The lowest BCUT2D eigenvalue weighted by Crippen LogP contribution is -2.12. The summed E-state index contributed by atoms with van der Waals surface area (Å²) in [7, 11) is 1.55. The van der Waals surface area contributed by atoms with E-state index in [0.717, 1.165) is 11.1 Å². The second-order valence-electron chi connectivity index (χ2n) is 4.16. The molecular weight excluding hydrogens is 248 g/mol. The van der Waals surface area contributed by atoms with Crippen molar-refractivity contribution in [1.29, 1.82) is 0 Å². The van der Waals surface area contributed by atoms with Gasteiger partial charge in [-0.25, -0.2) is 0 Å². The van der Waals surface area contributed by atoms with Crippen LogP contribution in [0.4, 0.5) is 5.88 Å². The summed E-state index contributed by atoms with van der Waals surface area (Å²) in [5, 5.41) is 10.6. The summed E-state index contributed by atoms with van der Waals surface area (Å²) in [6.07, 6.45) is 0. The average Bonchev–Trinajstić information content (AvgIpc) is 2.87. The number of furan rings is 1. The van der Waals surface area contributed by atoms with Crippen LogP contribution in [0.3, 0.4) is 0 Å². The number of benzene rings is 1. The lowest BCUT2D eigenvalue weighted by molar-refractivity contribution is -0.402. The first-order chi connectivity index (χ1) is 9.02. The molecule has 0 amide bonds. The van der Waals surface area contributed by atoms with E-state index in [4.69, 9.17) is 14.9 Å². The fourth-order valence-electron chi connectivity index (χ4n) is 1.86. The highest BCUT2D eigenvalue weighted by atomic mass is 16.6. The predicted molar refractivity (Wildman–Crippen MR) is 69.1 cm³/mol. The molecule has 0 radical (unpaired) electrons. The minimum atomic E-state index is -0.608. The maximum atomic E-state index is 10.6. The highest BCUT2D eigenvalue weighted by molar-refractivity contribution is 5.42. The average molecular weight is 262 g/mol. The summed E-state index contributed by atoms with van der Waals surface area (Å²) >= 11 is 0. The first kappa shape index (κ1) is 13.1. The Morgan fingerprint density at radius 2 is 2.11 bits per heavy atom. The van der Waals surface area contributed by atoms with Gasteiger partial charge < -0.3 is 14.9 Å². The second kappa shape index (κ2) is 5.11. The molecule has 0 fully saturated rings. The van der Waals surface area contributed by atoms with E-state index in [9.17, 15) is 10.1 Å². The fraction of sp³-hybridized carbons (Fsp3) is 0.231. The summed E-state index contributed by atoms with van der Waals surface area (Å²) < 4.78 is 10.4.